The number of hydrogen-bond acceptors (Lipinski definition) is 3. The van der Waals surface area contributed by atoms with Crippen LogP contribution in [0.2, 0.25) is 0 Å². The van der Waals surface area contributed by atoms with Gasteiger partial charge in [-0.2, -0.15) is 0 Å². The Hall–Kier alpha value is -1.94. The largest absolute Gasteiger partial charge is 0.326 e. The predicted octanol–water partition coefficient (Wildman–Crippen LogP) is 2.47. The predicted molar refractivity (Wildman–Crippen MR) is 66.5 cm³/mol. The number of fused-ring (bicyclic) bond motifs is 1. The fourth-order valence-corrected chi connectivity index (χ4v) is 2.61. The molecule has 0 fully saturated rings. The van der Waals surface area contributed by atoms with Crippen molar-refractivity contribution < 1.29 is 9.59 Å². The van der Waals surface area contributed by atoms with Crippen LogP contribution in [0.25, 0.3) is 0 Å². The van der Waals surface area contributed by atoms with Crippen molar-refractivity contribution in [2.75, 3.05) is 5.32 Å². The minimum Gasteiger partial charge on any atom is -0.326 e. The average molecular weight is 243 g/mol. The zero-order valence-electron chi connectivity index (χ0n) is 8.90. The molecule has 0 radical (unpaired) electrons. The van der Waals surface area contributed by atoms with Crippen molar-refractivity contribution in [3.05, 3.63) is 51.7 Å². The monoisotopic (exact) mass is 243 g/mol. The second-order valence-corrected chi connectivity index (χ2v) is 4.85. The molecule has 0 bridgehead atoms. The number of benzene rings is 1. The third-order valence-corrected chi connectivity index (χ3v) is 3.61. The lowest BCUT2D eigenvalue weighted by atomic mass is 10.0. The average Bonchev–Trinajstić information content (AvgIpc) is 2.94. The van der Waals surface area contributed by atoms with E-state index in [4.69, 9.17) is 0 Å². The van der Waals surface area contributed by atoms with E-state index in [1.807, 2.05) is 17.5 Å². The molecule has 3 rings (SSSR count). The fourth-order valence-electron chi connectivity index (χ4n) is 1.92. The molecule has 0 saturated carbocycles. The molecule has 1 amide bonds. The highest BCUT2D eigenvalue weighted by Gasteiger charge is 2.19. The van der Waals surface area contributed by atoms with Crippen LogP contribution in [-0.2, 0) is 11.2 Å². The van der Waals surface area contributed by atoms with E-state index in [2.05, 4.69) is 5.32 Å². The van der Waals surface area contributed by atoms with Gasteiger partial charge in [0.1, 0.15) is 0 Å². The molecule has 0 aliphatic carbocycles. The molecule has 17 heavy (non-hydrogen) atoms. The Morgan fingerprint density at radius 3 is 2.94 bits per heavy atom. The molecular weight excluding hydrogens is 234 g/mol. The summed E-state index contributed by atoms with van der Waals surface area (Å²) in [6.07, 6.45) is 0.362. The van der Waals surface area contributed by atoms with Crippen LogP contribution in [-0.4, -0.2) is 11.7 Å². The first-order valence-corrected chi connectivity index (χ1v) is 6.13. The summed E-state index contributed by atoms with van der Waals surface area (Å²) >= 11 is 1.43. The second kappa shape index (κ2) is 3.82. The van der Waals surface area contributed by atoms with Gasteiger partial charge in [0.25, 0.3) is 0 Å². The minimum absolute atomic E-state index is 0.0132. The van der Waals surface area contributed by atoms with E-state index in [1.54, 1.807) is 18.2 Å². The maximum Gasteiger partial charge on any atom is 0.228 e. The number of hydrogen-bond donors (Lipinski definition) is 1. The molecule has 1 aromatic heterocycles. The van der Waals surface area contributed by atoms with Gasteiger partial charge in [0.05, 0.1) is 11.3 Å². The number of carbonyl (C=O) groups is 2. The minimum atomic E-state index is -0.0132. The van der Waals surface area contributed by atoms with Crippen LogP contribution < -0.4 is 5.32 Å². The summed E-state index contributed by atoms with van der Waals surface area (Å²) in [6.45, 7) is 0. The number of rotatable bonds is 2. The highest BCUT2D eigenvalue weighted by Crippen LogP contribution is 2.25. The van der Waals surface area contributed by atoms with Crippen molar-refractivity contribution in [1.29, 1.82) is 0 Å². The Bertz CT molecular complexity index is 602. The van der Waals surface area contributed by atoms with Crippen LogP contribution in [0.4, 0.5) is 5.69 Å². The molecule has 1 N–H and O–H groups in total. The van der Waals surface area contributed by atoms with Gasteiger partial charge >= 0.3 is 0 Å². The summed E-state index contributed by atoms with van der Waals surface area (Å²) in [5.41, 5.74) is 2.36. The molecular formula is C13H9NO2S. The summed E-state index contributed by atoms with van der Waals surface area (Å²) in [5, 5.41) is 4.63. The van der Waals surface area contributed by atoms with Crippen molar-refractivity contribution in [3.8, 4) is 0 Å². The van der Waals surface area contributed by atoms with Crippen molar-refractivity contribution in [2.24, 2.45) is 0 Å². The second-order valence-electron chi connectivity index (χ2n) is 3.90. The molecule has 0 atom stereocenters. The summed E-state index contributed by atoms with van der Waals surface area (Å²) in [4.78, 5) is 24.0. The Morgan fingerprint density at radius 1 is 1.29 bits per heavy atom. The van der Waals surface area contributed by atoms with Crippen molar-refractivity contribution in [1.82, 2.24) is 0 Å². The van der Waals surface area contributed by atoms with Crippen LogP contribution in [0.1, 0.15) is 20.8 Å². The van der Waals surface area contributed by atoms with Crippen molar-refractivity contribution in [2.45, 2.75) is 6.42 Å². The zero-order chi connectivity index (χ0) is 11.8. The first-order valence-electron chi connectivity index (χ1n) is 5.25. The Balaban J connectivity index is 1.98. The standard InChI is InChI=1S/C13H9NO2S/c15-12-7-9-6-8(3-4-10(9)14-12)13(16)11-2-1-5-17-11/h1-6H,7H2,(H,14,15). The number of ketones is 1. The van der Waals surface area contributed by atoms with Gasteiger partial charge in [0.15, 0.2) is 0 Å². The summed E-state index contributed by atoms with van der Waals surface area (Å²) in [6, 6.07) is 9.02. The fraction of sp³-hybridized carbons (Fsp3) is 0.0769. The molecule has 2 aromatic rings. The third kappa shape index (κ3) is 1.76. The summed E-state index contributed by atoms with van der Waals surface area (Å²) < 4.78 is 0. The first-order chi connectivity index (χ1) is 8.24. The normalized spacial score (nSPS) is 13.3. The van der Waals surface area contributed by atoms with Gasteiger partial charge in [-0.3, -0.25) is 9.59 Å². The molecule has 84 valence electrons. The van der Waals surface area contributed by atoms with Crippen LogP contribution in [0, 0.1) is 0 Å². The van der Waals surface area contributed by atoms with E-state index < -0.39 is 0 Å². The molecule has 0 saturated heterocycles. The topological polar surface area (TPSA) is 46.2 Å². The molecule has 2 heterocycles. The molecule has 0 spiro atoms. The summed E-state index contributed by atoms with van der Waals surface area (Å²) in [5.74, 6) is 0.00266. The van der Waals surface area contributed by atoms with E-state index in [0.717, 1.165) is 16.1 Å². The highest BCUT2D eigenvalue weighted by molar-refractivity contribution is 7.12. The molecule has 0 unspecified atom stereocenters. The number of anilines is 1. The van der Waals surface area contributed by atoms with Gasteiger partial charge in [-0.15, -0.1) is 11.3 Å². The van der Waals surface area contributed by atoms with Crippen molar-refractivity contribution in [3.63, 3.8) is 0 Å². The van der Waals surface area contributed by atoms with Crippen LogP contribution in [0.5, 0.6) is 0 Å². The van der Waals surface area contributed by atoms with Gasteiger partial charge in [0, 0.05) is 11.3 Å². The van der Waals surface area contributed by atoms with Crippen molar-refractivity contribution >= 4 is 28.7 Å². The lowest BCUT2D eigenvalue weighted by Gasteiger charge is -2.01. The first kappa shape index (κ1) is 10.2. The lowest BCUT2D eigenvalue weighted by molar-refractivity contribution is -0.115. The van der Waals surface area contributed by atoms with E-state index in [9.17, 15) is 9.59 Å². The van der Waals surface area contributed by atoms with Crippen LogP contribution in [0.15, 0.2) is 35.7 Å². The smallest absolute Gasteiger partial charge is 0.228 e. The number of carbonyl (C=O) groups excluding carboxylic acids is 2. The summed E-state index contributed by atoms with van der Waals surface area (Å²) in [7, 11) is 0. The van der Waals surface area contributed by atoms with Gasteiger partial charge in [-0.1, -0.05) is 6.07 Å². The number of thiophene rings is 1. The van der Waals surface area contributed by atoms with Gasteiger partial charge < -0.3 is 5.32 Å². The maximum absolute atomic E-state index is 12.1. The third-order valence-electron chi connectivity index (χ3n) is 2.74. The zero-order valence-corrected chi connectivity index (χ0v) is 9.71. The molecule has 3 nitrogen and oxygen atoms in total. The van der Waals surface area contributed by atoms with Gasteiger partial charge in [-0.25, -0.2) is 0 Å². The molecule has 1 aromatic carbocycles. The van der Waals surface area contributed by atoms with E-state index in [1.165, 1.54) is 11.3 Å². The van der Waals surface area contributed by atoms with Gasteiger partial charge in [0.2, 0.25) is 11.7 Å². The van der Waals surface area contributed by atoms with Crippen LogP contribution >= 0.6 is 11.3 Å². The van der Waals surface area contributed by atoms with Gasteiger partial charge in [-0.05, 0) is 35.2 Å². The Labute approximate surface area is 102 Å². The quantitative estimate of drug-likeness (QED) is 0.824. The molecule has 1 aliphatic heterocycles. The van der Waals surface area contributed by atoms with E-state index >= 15 is 0 Å². The number of amides is 1. The highest BCUT2D eigenvalue weighted by atomic mass is 32.1. The lowest BCUT2D eigenvalue weighted by Crippen LogP contribution is -2.03. The van der Waals surface area contributed by atoms with Crippen LogP contribution in [0.3, 0.4) is 0 Å². The molecule has 1 aliphatic rings. The SMILES string of the molecule is O=C1Cc2cc(C(=O)c3cccs3)ccc2N1. The maximum atomic E-state index is 12.1. The van der Waals surface area contributed by atoms with E-state index in [-0.39, 0.29) is 11.7 Å². The number of nitrogens with one attached hydrogen (secondary N) is 1. The van der Waals surface area contributed by atoms with E-state index in [0.29, 0.717) is 12.0 Å². The Morgan fingerprint density at radius 2 is 2.18 bits per heavy atom. The molecule has 4 heteroatoms. The Kier molecular flexibility index (Phi) is 2.30.